The standard InChI is InChI=1S/C18H18F2N2O/c19-16-3-1-2-13(17(16)20)14-10-15(14)18(23)22-9-8-11-4-6-12(21)7-5-11/h1-7,14-15H,8-10,21H2,(H,22,23). The summed E-state index contributed by atoms with van der Waals surface area (Å²) >= 11 is 0. The Hall–Kier alpha value is -2.43. The normalized spacial score (nSPS) is 19.4. The average molecular weight is 316 g/mol. The number of halogens is 2. The third-order valence-corrected chi connectivity index (χ3v) is 4.20. The fraction of sp³-hybridized carbons (Fsp3) is 0.278. The number of nitrogens with one attached hydrogen (secondary N) is 1. The first-order valence-corrected chi connectivity index (χ1v) is 7.62. The number of hydrogen-bond acceptors (Lipinski definition) is 2. The summed E-state index contributed by atoms with van der Waals surface area (Å²) in [5.74, 6) is -2.29. The van der Waals surface area contributed by atoms with E-state index >= 15 is 0 Å². The van der Waals surface area contributed by atoms with Gasteiger partial charge < -0.3 is 11.1 Å². The van der Waals surface area contributed by atoms with E-state index in [9.17, 15) is 13.6 Å². The lowest BCUT2D eigenvalue weighted by Crippen LogP contribution is -2.27. The van der Waals surface area contributed by atoms with Crippen LogP contribution in [0.15, 0.2) is 42.5 Å². The SMILES string of the molecule is Nc1ccc(CCNC(=O)C2CC2c2cccc(F)c2F)cc1. The van der Waals surface area contributed by atoms with E-state index in [0.717, 1.165) is 11.6 Å². The van der Waals surface area contributed by atoms with Gasteiger partial charge in [-0.05, 0) is 48.1 Å². The molecule has 0 bridgehead atoms. The topological polar surface area (TPSA) is 55.1 Å². The molecule has 120 valence electrons. The average Bonchev–Trinajstić information content (AvgIpc) is 3.32. The molecule has 2 unspecified atom stereocenters. The first-order chi connectivity index (χ1) is 11.1. The molecule has 0 aromatic heterocycles. The molecule has 2 atom stereocenters. The van der Waals surface area contributed by atoms with Gasteiger partial charge in [0.15, 0.2) is 11.6 Å². The van der Waals surface area contributed by atoms with Gasteiger partial charge in [0, 0.05) is 18.2 Å². The Morgan fingerprint density at radius 1 is 1.17 bits per heavy atom. The molecule has 0 spiro atoms. The fourth-order valence-electron chi connectivity index (χ4n) is 2.78. The quantitative estimate of drug-likeness (QED) is 0.833. The van der Waals surface area contributed by atoms with Gasteiger partial charge in [-0.25, -0.2) is 8.78 Å². The van der Waals surface area contributed by atoms with Gasteiger partial charge in [-0.2, -0.15) is 0 Å². The van der Waals surface area contributed by atoms with Gasteiger partial charge in [-0.1, -0.05) is 24.3 Å². The highest BCUT2D eigenvalue weighted by Crippen LogP contribution is 2.48. The zero-order valence-electron chi connectivity index (χ0n) is 12.6. The highest BCUT2D eigenvalue weighted by atomic mass is 19.2. The van der Waals surface area contributed by atoms with Crippen LogP contribution < -0.4 is 11.1 Å². The summed E-state index contributed by atoms with van der Waals surface area (Å²) in [6.45, 7) is 0.512. The van der Waals surface area contributed by atoms with Gasteiger partial charge >= 0.3 is 0 Å². The number of amides is 1. The number of anilines is 1. The molecule has 1 amide bonds. The van der Waals surface area contributed by atoms with Crippen molar-refractivity contribution < 1.29 is 13.6 Å². The summed E-state index contributed by atoms with van der Waals surface area (Å²) in [6.07, 6.45) is 1.27. The van der Waals surface area contributed by atoms with E-state index in [0.29, 0.717) is 30.6 Å². The van der Waals surface area contributed by atoms with E-state index in [1.807, 2.05) is 24.3 Å². The Balaban J connectivity index is 1.50. The van der Waals surface area contributed by atoms with Crippen LogP contribution in [0.5, 0.6) is 0 Å². The molecular weight excluding hydrogens is 298 g/mol. The molecule has 1 aliphatic carbocycles. The summed E-state index contributed by atoms with van der Waals surface area (Å²) in [5.41, 5.74) is 7.70. The van der Waals surface area contributed by atoms with Gasteiger partial charge in [0.2, 0.25) is 5.91 Å². The molecule has 3 nitrogen and oxygen atoms in total. The molecular formula is C18H18F2N2O. The van der Waals surface area contributed by atoms with Gasteiger partial charge in [0.25, 0.3) is 0 Å². The van der Waals surface area contributed by atoms with Crippen LogP contribution in [0, 0.1) is 17.6 Å². The van der Waals surface area contributed by atoms with Crippen LogP contribution in [0.3, 0.4) is 0 Å². The van der Waals surface area contributed by atoms with E-state index in [4.69, 9.17) is 5.73 Å². The Morgan fingerprint density at radius 2 is 1.91 bits per heavy atom. The third kappa shape index (κ3) is 3.50. The molecule has 3 N–H and O–H groups in total. The van der Waals surface area contributed by atoms with Gasteiger partial charge in [-0.15, -0.1) is 0 Å². The van der Waals surface area contributed by atoms with E-state index in [1.165, 1.54) is 6.07 Å². The zero-order chi connectivity index (χ0) is 16.4. The van der Waals surface area contributed by atoms with Gasteiger partial charge in [0.05, 0.1) is 0 Å². The van der Waals surface area contributed by atoms with Gasteiger partial charge in [0.1, 0.15) is 0 Å². The first-order valence-electron chi connectivity index (χ1n) is 7.62. The Kier molecular flexibility index (Phi) is 4.28. The lowest BCUT2D eigenvalue weighted by Gasteiger charge is -2.06. The van der Waals surface area contributed by atoms with E-state index in [-0.39, 0.29) is 17.7 Å². The third-order valence-electron chi connectivity index (χ3n) is 4.20. The smallest absolute Gasteiger partial charge is 0.223 e. The second-order valence-electron chi connectivity index (χ2n) is 5.87. The summed E-state index contributed by atoms with van der Waals surface area (Å²) < 4.78 is 26.9. The van der Waals surface area contributed by atoms with Crippen LogP contribution in [0.4, 0.5) is 14.5 Å². The van der Waals surface area contributed by atoms with Crippen LogP contribution in [0.25, 0.3) is 0 Å². The molecule has 5 heteroatoms. The molecule has 0 aliphatic heterocycles. The molecule has 1 saturated carbocycles. The second-order valence-corrected chi connectivity index (χ2v) is 5.87. The maximum Gasteiger partial charge on any atom is 0.223 e. The van der Waals surface area contributed by atoms with Crippen LogP contribution in [-0.4, -0.2) is 12.5 Å². The van der Waals surface area contributed by atoms with Crippen molar-refractivity contribution in [1.82, 2.24) is 5.32 Å². The van der Waals surface area contributed by atoms with Crippen LogP contribution in [-0.2, 0) is 11.2 Å². The van der Waals surface area contributed by atoms with Crippen molar-refractivity contribution >= 4 is 11.6 Å². The van der Waals surface area contributed by atoms with Gasteiger partial charge in [-0.3, -0.25) is 4.79 Å². The zero-order valence-corrected chi connectivity index (χ0v) is 12.6. The van der Waals surface area contributed by atoms with Crippen LogP contribution >= 0.6 is 0 Å². The van der Waals surface area contributed by atoms with Crippen molar-refractivity contribution in [1.29, 1.82) is 0 Å². The first kappa shape index (κ1) is 15.5. The van der Waals surface area contributed by atoms with E-state index < -0.39 is 11.6 Å². The Morgan fingerprint density at radius 3 is 2.65 bits per heavy atom. The lowest BCUT2D eigenvalue weighted by atomic mass is 10.1. The fourth-order valence-corrected chi connectivity index (χ4v) is 2.78. The van der Waals surface area contributed by atoms with E-state index in [1.54, 1.807) is 6.07 Å². The number of nitrogens with two attached hydrogens (primary N) is 1. The Labute approximate surface area is 133 Å². The minimum absolute atomic E-state index is 0.103. The molecule has 3 rings (SSSR count). The number of carbonyl (C=O) groups is 1. The number of hydrogen-bond donors (Lipinski definition) is 2. The maximum atomic E-state index is 13.7. The Bertz CT molecular complexity index is 715. The molecule has 0 heterocycles. The van der Waals surface area contributed by atoms with Crippen molar-refractivity contribution in [3.8, 4) is 0 Å². The van der Waals surface area contributed by atoms with Crippen molar-refractivity contribution in [2.75, 3.05) is 12.3 Å². The molecule has 2 aromatic carbocycles. The summed E-state index contributed by atoms with van der Waals surface area (Å²) in [7, 11) is 0. The molecule has 0 radical (unpaired) electrons. The van der Waals surface area contributed by atoms with Crippen molar-refractivity contribution in [2.24, 2.45) is 5.92 Å². The highest BCUT2D eigenvalue weighted by molar-refractivity contribution is 5.82. The minimum Gasteiger partial charge on any atom is -0.399 e. The number of carbonyl (C=O) groups excluding carboxylic acids is 1. The van der Waals surface area contributed by atoms with Crippen molar-refractivity contribution in [3.05, 3.63) is 65.2 Å². The number of benzene rings is 2. The summed E-state index contributed by atoms with van der Waals surface area (Å²) in [5, 5.41) is 2.86. The molecule has 23 heavy (non-hydrogen) atoms. The largest absolute Gasteiger partial charge is 0.399 e. The predicted octanol–water partition coefficient (Wildman–Crippen LogP) is 3.01. The van der Waals surface area contributed by atoms with Crippen LogP contribution in [0.2, 0.25) is 0 Å². The molecule has 0 saturated heterocycles. The van der Waals surface area contributed by atoms with Crippen molar-refractivity contribution in [2.45, 2.75) is 18.8 Å². The number of nitrogen functional groups attached to an aromatic ring is 1. The molecule has 1 aliphatic rings. The maximum absolute atomic E-state index is 13.7. The molecule has 2 aromatic rings. The molecule has 1 fully saturated rings. The minimum atomic E-state index is -0.864. The number of rotatable bonds is 5. The van der Waals surface area contributed by atoms with Crippen LogP contribution in [0.1, 0.15) is 23.5 Å². The predicted molar refractivity (Wildman–Crippen MR) is 84.8 cm³/mol. The lowest BCUT2D eigenvalue weighted by molar-refractivity contribution is -0.122. The highest BCUT2D eigenvalue weighted by Gasteiger charge is 2.45. The monoisotopic (exact) mass is 316 g/mol. The van der Waals surface area contributed by atoms with E-state index in [2.05, 4.69) is 5.32 Å². The summed E-state index contributed by atoms with van der Waals surface area (Å²) in [6, 6.07) is 11.6. The second kappa shape index (κ2) is 6.36. The summed E-state index contributed by atoms with van der Waals surface area (Å²) in [4.78, 5) is 12.1. The van der Waals surface area contributed by atoms with Crippen molar-refractivity contribution in [3.63, 3.8) is 0 Å².